The van der Waals surface area contributed by atoms with Crippen LogP contribution >= 0.6 is 0 Å². The van der Waals surface area contributed by atoms with Gasteiger partial charge >= 0.3 is 0 Å². The fraction of sp³-hybridized carbons (Fsp3) is 0.462. The van der Waals surface area contributed by atoms with Gasteiger partial charge in [0.05, 0.1) is 24.9 Å². The molecule has 0 spiro atoms. The van der Waals surface area contributed by atoms with Crippen LogP contribution in [0.2, 0.25) is 0 Å². The molecule has 0 radical (unpaired) electrons. The van der Waals surface area contributed by atoms with E-state index >= 15 is 0 Å². The van der Waals surface area contributed by atoms with Gasteiger partial charge in [0, 0.05) is 13.6 Å². The number of carbonyl (C=O) groups excluding carboxylic acids is 1. The Hall–Kier alpha value is -1.63. The number of likely N-dealkylation sites (N-methyl/N-ethyl adjacent to an activating group) is 1. The molecule has 0 atom stereocenters. The molecule has 19 heavy (non-hydrogen) atoms. The highest BCUT2D eigenvalue weighted by atomic mass is 16.5. The van der Waals surface area contributed by atoms with E-state index in [1.807, 2.05) is 18.2 Å². The SMILES string of the molecule is CN1C(=O)COc2ccc(CNC(CO)CO)cc21. The van der Waals surface area contributed by atoms with Gasteiger partial charge in [-0.25, -0.2) is 0 Å². The smallest absolute Gasteiger partial charge is 0.264 e. The normalized spacial score (nSPS) is 14.5. The molecule has 0 saturated carbocycles. The maximum atomic E-state index is 11.5. The van der Waals surface area contributed by atoms with Crippen LogP contribution in [-0.4, -0.2) is 49.0 Å². The molecule has 2 rings (SSSR count). The highest BCUT2D eigenvalue weighted by Crippen LogP contribution is 2.31. The molecular formula is C13H18N2O4. The number of nitrogens with zero attached hydrogens (tertiary/aromatic N) is 1. The summed E-state index contributed by atoms with van der Waals surface area (Å²) in [5.41, 5.74) is 1.69. The summed E-state index contributed by atoms with van der Waals surface area (Å²) >= 11 is 0. The summed E-state index contributed by atoms with van der Waals surface area (Å²) < 4.78 is 5.34. The monoisotopic (exact) mass is 266 g/mol. The molecule has 0 aliphatic carbocycles. The van der Waals surface area contributed by atoms with E-state index in [4.69, 9.17) is 14.9 Å². The minimum absolute atomic E-state index is 0.0677. The number of aliphatic hydroxyl groups excluding tert-OH is 2. The average Bonchev–Trinajstić information content (AvgIpc) is 2.44. The number of fused-ring (bicyclic) bond motifs is 1. The lowest BCUT2D eigenvalue weighted by molar-refractivity contribution is -0.120. The zero-order valence-corrected chi connectivity index (χ0v) is 10.8. The molecule has 1 aliphatic heterocycles. The number of hydrogen-bond donors (Lipinski definition) is 3. The topological polar surface area (TPSA) is 82.0 Å². The van der Waals surface area contributed by atoms with Crippen molar-refractivity contribution in [2.45, 2.75) is 12.6 Å². The van der Waals surface area contributed by atoms with Crippen LogP contribution in [0, 0.1) is 0 Å². The molecule has 3 N–H and O–H groups in total. The maximum Gasteiger partial charge on any atom is 0.264 e. The molecular weight excluding hydrogens is 248 g/mol. The zero-order valence-electron chi connectivity index (χ0n) is 10.8. The predicted molar refractivity (Wildman–Crippen MR) is 70.1 cm³/mol. The van der Waals surface area contributed by atoms with Gasteiger partial charge in [0.1, 0.15) is 5.75 Å². The molecule has 104 valence electrons. The van der Waals surface area contributed by atoms with E-state index in [0.29, 0.717) is 12.3 Å². The first kappa shape index (κ1) is 13.8. The van der Waals surface area contributed by atoms with Crippen molar-refractivity contribution in [1.82, 2.24) is 5.32 Å². The molecule has 1 heterocycles. The first-order valence-corrected chi connectivity index (χ1v) is 6.13. The number of carbonyl (C=O) groups is 1. The van der Waals surface area contributed by atoms with Gasteiger partial charge < -0.3 is 25.2 Å². The van der Waals surface area contributed by atoms with Crippen LogP contribution in [0.1, 0.15) is 5.56 Å². The van der Waals surface area contributed by atoms with E-state index < -0.39 is 0 Å². The third-order valence-corrected chi connectivity index (χ3v) is 3.15. The van der Waals surface area contributed by atoms with Crippen LogP contribution in [0.4, 0.5) is 5.69 Å². The van der Waals surface area contributed by atoms with Gasteiger partial charge in [-0.05, 0) is 17.7 Å². The summed E-state index contributed by atoms with van der Waals surface area (Å²) in [5, 5.41) is 21.0. The van der Waals surface area contributed by atoms with E-state index in [9.17, 15) is 4.79 Å². The molecule has 6 nitrogen and oxygen atoms in total. The van der Waals surface area contributed by atoms with Gasteiger partial charge in [-0.15, -0.1) is 0 Å². The molecule has 1 aliphatic rings. The van der Waals surface area contributed by atoms with E-state index in [-0.39, 0.29) is 31.8 Å². The summed E-state index contributed by atoms with van der Waals surface area (Å²) in [6, 6.07) is 5.24. The molecule has 6 heteroatoms. The maximum absolute atomic E-state index is 11.5. The lowest BCUT2D eigenvalue weighted by atomic mass is 10.1. The lowest BCUT2D eigenvalue weighted by Gasteiger charge is -2.26. The van der Waals surface area contributed by atoms with Crippen LogP contribution in [0.3, 0.4) is 0 Å². The third-order valence-electron chi connectivity index (χ3n) is 3.15. The Labute approximate surface area is 111 Å². The summed E-state index contributed by atoms with van der Waals surface area (Å²) in [5.74, 6) is 0.605. The van der Waals surface area contributed by atoms with E-state index in [1.165, 1.54) is 0 Å². The fourth-order valence-electron chi connectivity index (χ4n) is 1.88. The molecule has 1 aromatic rings. The number of hydrogen-bond acceptors (Lipinski definition) is 5. The summed E-state index contributed by atoms with van der Waals surface area (Å²) in [7, 11) is 1.71. The van der Waals surface area contributed by atoms with Crippen molar-refractivity contribution < 1.29 is 19.7 Å². The van der Waals surface area contributed by atoms with Gasteiger partial charge in [-0.2, -0.15) is 0 Å². The van der Waals surface area contributed by atoms with Gasteiger partial charge in [-0.3, -0.25) is 4.79 Å². The molecule has 0 unspecified atom stereocenters. The van der Waals surface area contributed by atoms with Crippen molar-refractivity contribution in [2.24, 2.45) is 0 Å². The Morgan fingerprint density at radius 2 is 2.16 bits per heavy atom. The largest absolute Gasteiger partial charge is 0.482 e. The van der Waals surface area contributed by atoms with Gasteiger partial charge in [0.15, 0.2) is 6.61 Å². The second-order valence-corrected chi connectivity index (χ2v) is 4.49. The van der Waals surface area contributed by atoms with Crippen molar-refractivity contribution in [1.29, 1.82) is 0 Å². The first-order valence-electron chi connectivity index (χ1n) is 6.13. The van der Waals surface area contributed by atoms with Crippen LogP contribution < -0.4 is 15.0 Å². The number of benzene rings is 1. The lowest BCUT2D eigenvalue weighted by Crippen LogP contribution is -2.36. The van der Waals surface area contributed by atoms with Crippen LogP contribution in [0.5, 0.6) is 5.75 Å². The molecule has 0 saturated heterocycles. The minimum Gasteiger partial charge on any atom is -0.482 e. The number of amides is 1. The summed E-state index contributed by atoms with van der Waals surface area (Å²) in [6.45, 7) is 0.325. The van der Waals surface area contributed by atoms with Gasteiger partial charge in [0.2, 0.25) is 0 Å². The van der Waals surface area contributed by atoms with E-state index in [2.05, 4.69) is 5.32 Å². The van der Waals surface area contributed by atoms with Crippen LogP contribution in [0.15, 0.2) is 18.2 Å². The van der Waals surface area contributed by atoms with Crippen molar-refractivity contribution in [3.8, 4) is 5.75 Å². The number of aliphatic hydroxyl groups is 2. The molecule has 1 aromatic carbocycles. The van der Waals surface area contributed by atoms with E-state index in [0.717, 1.165) is 11.3 Å². The molecule has 1 amide bonds. The Morgan fingerprint density at radius 1 is 1.42 bits per heavy atom. The molecule has 0 aromatic heterocycles. The zero-order chi connectivity index (χ0) is 13.8. The van der Waals surface area contributed by atoms with Crippen LogP contribution in [0.25, 0.3) is 0 Å². The number of ether oxygens (including phenoxy) is 1. The van der Waals surface area contributed by atoms with Crippen molar-refractivity contribution in [2.75, 3.05) is 31.8 Å². The number of rotatable bonds is 5. The summed E-state index contributed by atoms with van der Waals surface area (Å²) in [6.07, 6.45) is 0. The average molecular weight is 266 g/mol. The fourth-order valence-corrected chi connectivity index (χ4v) is 1.88. The van der Waals surface area contributed by atoms with Crippen molar-refractivity contribution >= 4 is 11.6 Å². The number of anilines is 1. The van der Waals surface area contributed by atoms with Crippen LogP contribution in [-0.2, 0) is 11.3 Å². The van der Waals surface area contributed by atoms with Gasteiger partial charge in [-0.1, -0.05) is 6.07 Å². The number of nitrogens with one attached hydrogen (secondary N) is 1. The van der Waals surface area contributed by atoms with E-state index in [1.54, 1.807) is 11.9 Å². The highest BCUT2D eigenvalue weighted by molar-refractivity contribution is 5.97. The molecule has 0 bridgehead atoms. The Kier molecular flexibility index (Phi) is 4.36. The Bertz CT molecular complexity index is 460. The summed E-state index contributed by atoms with van der Waals surface area (Å²) in [4.78, 5) is 13.1. The minimum atomic E-state index is -0.341. The standard InChI is InChI=1S/C13H18N2O4/c1-15-11-4-9(5-14-10(6-16)7-17)2-3-12(11)19-8-13(15)18/h2-4,10,14,16-17H,5-8H2,1H3. The third kappa shape index (κ3) is 3.04. The Morgan fingerprint density at radius 3 is 2.84 bits per heavy atom. The predicted octanol–water partition coefficient (Wildman–Crippen LogP) is -0.515. The second-order valence-electron chi connectivity index (χ2n) is 4.49. The molecule has 0 fully saturated rings. The second kappa shape index (κ2) is 6.01. The van der Waals surface area contributed by atoms with Gasteiger partial charge in [0.25, 0.3) is 5.91 Å². The highest BCUT2D eigenvalue weighted by Gasteiger charge is 2.22. The Balaban J connectivity index is 2.10. The first-order chi connectivity index (χ1) is 9.15. The van der Waals surface area contributed by atoms with Crippen molar-refractivity contribution in [3.63, 3.8) is 0 Å². The van der Waals surface area contributed by atoms with Crippen molar-refractivity contribution in [3.05, 3.63) is 23.8 Å². The quantitative estimate of drug-likeness (QED) is 0.668.